The number of aliphatic hydroxyl groups excluding tert-OH is 1. The molecule has 3 aromatic carbocycles. The Kier molecular flexibility index (Phi) is 9.41. The van der Waals surface area contributed by atoms with Crippen LogP contribution in [0.4, 0.5) is 5.95 Å². The zero-order valence-electron chi connectivity index (χ0n) is 26.3. The van der Waals surface area contributed by atoms with Gasteiger partial charge in [0.15, 0.2) is 15.9 Å². The molecule has 0 spiro atoms. The molecule has 6 rings (SSSR count). The lowest BCUT2D eigenvalue weighted by Gasteiger charge is -2.37. The van der Waals surface area contributed by atoms with Gasteiger partial charge in [-0.05, 0) is 56.9 Å². The molecule has 0 saturated carbocycles. The van der Waals surface area contributed by atoms with Gasteiger partial charge in [-0.3, -0.25) is 14.3 Å². The Morgan fingerprint density at radius 2 is 1.72 bits per heavy atom. The van der Waals surface area contributed by atoms with Crippen molar-refractivity contribution in [3.63, 3.8) is 0 Å². The first-order valence-corrected chi connectivity index (χ1v) is 15.7. The van der Waals surface area contributed by atoms with Gasteiger partial charge in [0.2, 0.25) is 5.95 Å². The normalized spacial score (nSPS) is 19.2. The van der Waals surface area contributed by atoms with E-state index in [9.17, 15) is 9.90 Å². The molecule has 5 aromatic rings. The average molecular weight is 704 g/mol. The van der Waals surface area contributed by atoms with Gasteiger partial charge in [0, 0.05) is 20.5 Å². The van der Waals surface area contributed by atoms with E-state index < -0.39 is 29.6 Å². The first-order valence-electron chi connectivity index (χ1n) is 14.9. The van der Waals surface area contributed by atoms with E-state index in [1.54, 1.807) is 23.7 Å². The van der Waals surface area contributed by atoms with Gasteiger partial charge < -0.3 is 29.0 Å². The number of aliphatic hydroxyl groups is 1. The minimum Gasteiger partial charge on any atom is -0.497 e. The molecule has 244 valence electrons. The summed E-state index contributed by atoms with van der Waals surface area (Å²) in [5.41, 5.74) is 1.40. The van der Waals surface area contributed by atoms with Crippen LogP contribution >= 0.6 is 15.9 Å². The highest BCUT2D eigenvalue weighted by Crippen LogP contribution is 2.43. The number of rotatable bonds is 11. The highest BCUT2D eigenvalue weighted by molar-refractivity contribution is 9.10. The summed E-state index contributed by atoms with van der Waals surface area (Å²) in [7, 11) is 6.87. The lowest BCUT2D eigenvalue weighted by molar-refractivity contribution is -0.0934. The van der Waals surface area contributed by atoms with Gasteiger partial charge in [0.05, 0.1) is 33.3 Å². The molecule has 2 N–H and O–H groups in total. The minimum atomic E-state index is -1.11. The number of halogens is 1. The number of ether oxygens (including phenoxy) is 4. The van der Waals surface area contributed by atoms with Crippen LogP contribution in [0.2, 0.25) is 0 Å². The summed E-state index contributed by atoms with van der Waals surface area (Å²) in [4.78, 5) is 30.4. The lowest BCUT2D eigenvalue weighted by atomic mass is 9.80. The molecule has 1 aliphatic heterocycles. The maximum atomic E-state index is 12.8. The van der Waals surface area contributed by atoms with E-state index in [4.69, 9.17) is 18.9 Å². The standard InChI is InChI=1S/C34H35BrN6O6/c1-40(2)20-36-33-38-30-29(31(43)39-33)37-32(35)41(30)28-18-26(42)27(47-28)19-46-34(21-9-6-5-7-10-21,22-13-15-24(44-3)16-14-22)23-11-8-12-25(17-23)45-4/h5-17,20,26-28,42H,18-19H2,1-4H3,(H,38,39,43)/t26-,27+,28+,34?/m0/s1. The van der Waals surface area contributed by atoms with Crippen molar-refractivity contribution < 1.29 is 24.1 Å². The van der Waals surface area contributed by atoms with Crippen molar-refractivity contribution >= 4 is 39.4 Å². The summed E-state index contributed by atoms with van der Waals surface area (Å²) in [6.45, 7) is 0.0203. The van der Waals surface area contributed by atoms with Crippen molar-refractivity contribution in [2.75, 3.05) is 34.9 Å². The Bertz CT molecular complexity index is 1930. The van der Waals surface area contributed by atoms with Gasteiger partial charge in [-0.15, -0.1) is 0 Å². The van der Waals surface area contributed by atoms with E-state index in [2.05, 4.69) is 35.9 Å². The van der Waals surface area contributed by atoms with Gasteiger partial charge >= 0.3 is 0 Å². The molecule has 1 aliphatic rings. The van der Waals surface area contributed by atoms with Crippen LogP contribution in [0.1, 0.15) is 29.3 Å². The van der Waals surface area contributed by atoms with E-state index >= 15 is 0 Å². The van der Waals surface area contributed by atoms with Gasteiger partial charge in [0.25, 0.3) is 5.56 Å². The molecule has 2 aromatic heterocycles. The Morgan fingerprint density at radius 3 is 2.43 bits per heavy atom. The lowest BCUT2D eigenvalue weighted by Crippen LogP contribution is -2.38. The first kappa shape index (κ1) is 32.4. The Morgan fingerprint density at radius 1 is 1.02 bits per heavy atom. The summed E-state index contributed by atoms with van der Waals surface area (Å²) in [6, 6.07) is 25.3. The molecule has 0 amide bonds. The fourth-order valence-electron chi connectivity index (χ4n) is 5.75. The van der Waals surface area contributed by atoms with Crippen LogP contribution < -0.4 is 15.0 Å². The van der Waals surface area contributed by atoms with Crippen LogP contribution in [0, 0.1) is 0 Å². The number of fused-ring (bicyclic) bond motifs is 1. The summed E-state index contributed by atoms with van der Waals surface area (Å²) >= 11 is 3.47. The van der Waals surface area contributed by atoms with Crippen molar-refractivity contribution in [1.82, 2.24) is 24.4 Å². The number of H-pyrrole nitrogens is 1. The molecule has 1 unspecified atom stereocenters. The third-order valence-electron chi connectivity index (χ3n) is 8.02. The van der Waals surface area contributed by atoms with Gasteiger partial charge in [-0.25, -0.2) is 9.98 Å². The molecule has 0 aliphatic carbocycles. The first-order chi connectivity index (χ1) is 22.7. The van der Waals surface area contributed by atoms with Crippen LogP contribution in [-0.4, -0.2) is 83.0 Å². The van der Waals surface area contributed by atoms with Gasteiger partial charge in [-0.2, -0.15) is 4.98 Å². The molecule has 0 radical (unpaired) electrons. The second-order valence-corrected chi connectivity index (χ2v) is 12.0. The summed E-state index contributed by atoms with van der Waals surface area (Å²) in [5.74, 6) is 1.50. The van der Waals surface area contributed by atoms with Crippen molar-refractivity contribution in [2.24, 2.45) is 4.99 Å². The highest BCUT2D eigenvalue weighted by atomic mass is 79.9. The highest BCUT2D eigenvalue weighted by Gasteiger charge is 2.43. The van der Waals surface area contributed by atoms with Crippen LogP contribution in [0.25, 0.3) is 11.2 Å². The summed E-state index contributed by atoms with van der Waals surface area (Å²) in [6.07, 6.45) is -0.575. The number of hydrogen-bond donors (Lipinski definition) is 2. The molecule has 1 fully saturated rings. The van der Waals surface area contributed by atoms with Crippen LogP contribution in [0.3, 0.4) is 0 Å². The third kappa shape index (κ3) is 6.39. The fourth-order valence-corrected chi connectivity index (χ4v) is 6.33. The topological polar surface area (TPSA) is 136 Å². The molecule has 4 atom stereocenters. The molecule has 1 saturated heterocycles. The van der Waals surface area contributed by atoms with Crippen LogP contribution in [-0.2, 0) is 15.1 Å². The summed E-state index contributed by atoms with van der Waals surface area (Å²) < 4.78 is 26.5. The maximum absolute atomic E-state index is 12.8. The molecule has 13 heteroatoms. The number of nitrogens with one attached hydrogen (secondary N) is 1. The van der Waals surface area contributed by atoms with E-state index in [-0.39, 0.29) is 30.1 Å². The Labute approximate surface area is 279 Å². The number of nitrogens with zero attached hydrogens (tertiary/aromatic N) is 5. The van der Waals surface area contributed by atoms with E-state index in [0.717, 1.165) is 16.7 Å². The number of aromatic nitrogens is 4. The van der Waals surface area contributed by atoms with Crippen molar-refractivity contribution in [1.29, 1.82) is 0 Å². The van der Waals surface area contributed by atoms with Crippen LogP contribution in [0.5, 0.6) is 11.5 Å². The number of hydrogen-bond acceptors (Lipinski definition) is 9. The predicted molar refractivity (Wildman–Crippen MR) is 180 cm³/mol. The number of benzene rings is 3. The molecular formula is C34H35BrN6O6. The molecule has 47 heavy (non-hydrogen) atoms. The van der Waals surface area contributed by atoms with Crippen LogP contribution in [0.15, 0.2) is 93.4 Å². The van der Waals surface area contributed by atoms with Crippen molar-refractivity contribution in [2.45, 2.75) is 30.5 Å². The molecule has 12 nitrogen and oxygen atoms in total. The van der Waals surface area contributed by atoms with Gasteiger partial charge in [-0.1, -0.05) is 54.6 Å². The van der Waals surface area contributed by atoms with E-state index in [1.165, 1.54) is 6.34 Å². The molecule has 3 heterocycles. The minimum absolute atomic E-state index is 0.0203. The van der Waals surface area contributed by atoms with Crippen molar-refractivity contribution in [3.05, 3.63) is 111 Å². The zero-order chi connectivity index (χ0) is 33.1. The largest absolute Gasteiger partial charge is 0.497 e. The van der Waals surface area contributed by atoms with E-state index in [0.29, 0.717) is 16.2 Å². The number of aromatic amines is 1. The second-order valence-electron chi connectivity index (χ2n) is 11.3. The Hall–Kier alpha value is -4.56. The quantitative estimate of drug-likeness (QED) is 0.0863. The van der Waals surface area contributed by atoms with Gasteiger partial charge in [0.1, 0.15) is 29.4 Å². The molecular weight excluding hydrogens is 668 g/mol. The molecule has 0 bridgehead atoms. The predicted octanol–water partition coefficient (Wildman–Crippen LogP) is 4.78. The summed E-state index contributed by atoms with van der Waals surface area (Å²) in [5, 5.41) is 11.3. The van der Waals surface area contributed by atoms with E-state index in [1.807, 2.05) is 93.0 Å². The third-order valence-corrected chi connectivity index (χ3v) is 8.57. The second kappa shape index (κ2) is 13.7. The SMILES string of the molecule is COc1ccc(C(OC[C@H]2O[C@@H](n3c(Br)nc4c(=O)[nH]c(N=CN(C)C)nc43)C[C@@H]2O)(c2ccccc2)c2cccc(OC)c2)cc1. The number of aliphatic imine (C=N–C) groups is 1. The fraction of sp³-hybridized carbons (Fsp3) is 0.294. The Balaban J connectivity index is 1.37. The number of imidazole rings is 1. The van der Waals surface area contributed by atoms with Crippen molar-refractivity contribution in [3.8, 4) is 11.5 Å². The zero-order valence-corrected chi connectivity index (χ0v) is 27.9. The monoisotopic (exact) mass is 702 g/mol. The number of methoxy groups -OCH3 is 2. The average Bonchev–Trinajstić information content (AvgIpc) is 3.62. The maximum Gasteiger partial charge on any atom is 0.280 e. The smallest absolute Gasteiger partial charge is 0.280 e.